The molecule has 0 saturated heterocycles. The average Bonchev–Trinajstić information content (AvgIpc) is 2.88. The third kappa shape index (κ3) is 2.46. The maximum absolute atomic E-state index is 5.93. The minimum absolute atomic E-state index is 0.0801. The van der Waals surface area contributed by atoms with Crippen molar-refractivity contribution in [2.75, 3.05) is 0 Å². The zero-order valence-corrected chi connectivity index (χ0v) is 11.9. The van der Waals surface area contributed by atoms with E-state index in [9.17, 15) is 0 Å². The van der Waals surface area contributed by atoms with E-state index in [0.29, 0.717) is 16.1 Å². The molecule has 0 aliphatic carbocycles. The fraction of sp³-hybridized carbons (Fsp3) is 0.143. The van der Waals surface area contributed by atoms with E-state index < -0.39 is 0 Å². The lowest BCUT2D eigenvalue weighted by molar-refractivity contribution is 0.219. The van der Waals surface area contributed by atoms with Crippen LogP contribution in [0.25, 0.3) is 5.65 Å². The molecule has 0 aliphatic heterocycles. The van der Waals surface area contributed by atoms with Gasteiger partial charge in [-0.25, -0.2) is 9.97 Å². The van der Waals surface area contributed by atoms with Gasteiger partial charge in [0.2, 0.25) is 5.65 Å². The normalized spacial score (nSPS) is 12.5. The van der Waals surface area contributed by atoms with Crippen LogP contribution in [0.15, 0.2) is 53.5 Å². The second-order valence-electron chi connectivity index (χ2n) is 4.20. The lowest BCUT2D eigenvalue weighted by Gasteiger charge is -2.14. The number of imidazole rings is 1. The first-order valence-corrected chi connectivity index (χ1v) is 6.74. The molecular weight excluding hydrogens is 306 g/mol. The largest absolute Gasteiger partial charge is 0.467 e. The van der Waals surface area contributed by atoms with Gasteiger partial charge >= 0.3 is 0 Å². The van der Waals surface area contributed by atoms with Gasteiger partial charge in [0.25, 0.3) is 5.88 Å². The number of ether oxygens (including phenoxy) is 1. The first-order valence-electron chi connectivity index (χ1n) is 5.95. The highest BCUT2D eigenvalue weighted by molar-refractivity contribution is 9.10. The summed E-state index contributed by atoms with van der Waals surface area (Å²) in [6.45, 7) is 2.00. The molecule has 0 saturated carbocycles. The van der Waals surface area contributed by atoms with Gasteiger partial charge in [0.15, 0.2) is 0 Å². The second kappa shape index (κ2) is 5.01. The Hall–Kier alpha value is -1.88. The van der Waals surface area contributed by atoms with Crippen LogP contribution in [0.1, 0.15) is 18.6 Å². The van der Waals surface area contributed by atoms with Crippen LogP contribution >= 0.6 is 15.9 Å². The summed E-state index contributed by atoms with van der Waals surface area (Å²) in [5.74, 6) is 0.524. The van der Waals surface area contributed by atoms with E-state index in [2.05, 4.69) is 25.9 Å². The Labute approximate surface area is 119 Å². The SMILES string of the molecule is CC(Oc1nc(Br)cn2ccnc12)c1ccccc1. The molecule has 0 aliphatic rings. The van der Waals surface area contributed by atoms with E-state index in [1.165, 1.54) is 0 Å². The topological polar surface area (TPSA) is 39.4 Å². The monoisotopic (exact) mass is 317 g/mol. The molecule has 1 aromatic carbocycles. The molecule has 0 bridgehead atoms. The molecule has 0 amide bonds. The van der Waals surface area contributed by atoms with Gasteiger partial charge in [-0.1, -0.05) is 30.3 Å². The molecule has 2 aromatic heterocycles. The van der Waals surface area contributed by atoms with E-state index in [4.69, 9.17) is 4.74 Å². The highest BCUT2D eigenvalue weighted by Crippen LogP contribution is 2.24. The van der Waals surface area contributed by atoms with E-state index in [0.717, 1.165) is 5.56 Å². The Bertz CT molecular complexity index is 696. The second-order valence-corrected chi connectivity index (χ2v) is 5.01. The van der Waals surface area contributed by atoms with Gasteiger partial charge in [-0.05, 0) is 28.4 Å². The van der Waals surface area contributed by atoms with Crippen LogP contribution in [0.5, 0.6) is 5.88 Å². The molecule has 3 rings (SSSR count). The van der Waals surface area contributed by atoms with Crippen molar-refractivity contribution in [3.8, 4) is 5.88 Å². The minimum atomic E-state index is -0.0801. The summed E-state index contributed by atoms with van der Waals surface area (Å²) in [6, 6.07) is 10.0. The van der Waals surface area contributed by atoms with Gasteiger partial charge in [-0.15, -0.1) is 0 Å². The van der Waals surface area contributed by atoms with Gasteiger partial charge in [0.1, 0.15) is 10.7 Å². The summed E-state index contributed by atoms with van der Waals surface area (Å²) >= 11 is 3.37. The average molecular weight is 318 g/mol. The summed E-state index contributed by atoms with van der Waals surface area (Å²) in [5.41, 5.74) is 1.82. The Kier molecular flexibility index (Phi) is 3.21. The van der Waals surface area contributed by atoms with Crippen molar-refractivity contribution in [2.24, 2.45) is 0 Å². The third-order valence-corrected chi connectivity index (χ3v) is 3.25. The number of hydrogen-bond acceptors (Lipinski definition) is 3. The summed E-state index contributed by atoms with van der Waals surface area (Å²) in [6.07, 6.45) is 5.36. The standard InChI is InChI=1S/C14H12BrN3O/c1-10(11-5-3-2-4-6-11)19-14-13-16-7-8-18(13)9-12(15)17-14/h2-10H,1H3. The zero-order valence-electron chi connectivity index (χ0n) is 10.3. The molecule has 2 heterocycles. The van der Waals surface area contributed by atoms with Crippen LogP contribution in [-0.2, 0) is 0 Å². The Balaban J connectivity index is 1.95. The molecule has 1 atom stereocenters. The fourth-order valence-electron chi connectivity index (χ4n) is 1.91. The highest BCUT2D eigenvalue weighted by Gasteiger charge is 2.12. The fourth-order valence-corrected chi connectivity index (χ4v) is 2.29. The van der Waals surface area contributed by atoms with Crippen molar-refractivity contribution < 1.29 is 4.74 Å². The van der Waals surface area contributed by atoms with E-state index >= 15 is 0 Å². The maximum atomic E-state index is 5.93. The van der Waals surface area contributed by atoms with Crippen molar-refractivity contribution in [1.82, 2.24) is 14.4 Å². The van der Waals surface area contributed by atoms with Gasteiger partial charge in [-0.2, -0.15) is 0 Å². The number of aromatic nitrogens is 3. The van der Waals surface area contributed by atoms with Crippen LogP contribution < -0.4 is 4.74 Å². The van der Waals surface area contributed by atoms with Crippen molar-refractivity contribution in [1.29, 1.82) is 0 Å². The summed E-state index contributed by atoms with van der Waals surface area (Å²) < 4.78 is 8.52. The number of nitrogens with zero attached hydrogens (tertiary/aromatic N) is 3. The van der Waals surface area contributed by atoms with Crippen molar-refractivity contribution in [3.05, 3.63) is 59.1 Å². The Morgan fingerprint density at radius 3 is 2.84 bits per heavy atom. The molecule has 1 unspecified atom stereocenters. The number of halogens is 1. The molecule has 19 heavy (non-hydrogen) atoms. The van der Waals surface area contributed by atoms with Crippen LogP contribution in [0.4, 0.5) is 0 Å². The van der Waals surface area contributed by atoms with Crippen LogP contribution in [0.2, 0.25) is 0 Å². The molecule has 5 heteroatoms. The minimum Gasteiger partial charge on any atom is -0.467 e. The summed E-state index contributed by atoms with van der Waals surface area (Å²) in [5, 5.41) is 0. The van der Waals surface area contributed by atoms with Crippen molar-refractivity contribution >= 4 is 21.6 Å². The lowest BCUT2D eigenvalue weighted by Crippen LogP contribution is -2.06. The quantitative estimate of drug-likeness (QED) is 0.740. The third-order valence-electron chi connectivity index (χ3n) is 2.87. The van der Waals surface area contributed by atoms with E-state index in [1.54, 1.807) is 6.20 Å². The molecule has 0 spiro atoms. The molecule has 96 valence electrons. The zero-order chi connectivity index (χ0) is 13.2. The number of rotatable bonds is 3. The summed E-state index contributed by atoms with van der Waals surface area (Å²) in [4.78, 5) is 8.61. The van der Waals surface area contributed by atoms with E-state index in [-0.39, 0.29) is 6.10 Å². The Morgan fingerprint density at radius 1 is 1.26 bits per heavy atom. The number of benzene rings is 1. The molecular formula is C14H12BrN3O. The maximum Gasteiger partial charge on any atom is 0.260 e. The predicted molar refractivity (Wildman–Crippen MR) is 76.2 cm³/mol. The molecule has 0 fully saturated rings. The number of fused-ring (bicyclic) bond motifs is 1. The molecule has 0 radical (unpaired) electrons. The lowest BCUT2D eigenvalue weighted by atomic mass is 10.1. The molecule has 0 N–H and O–H groups in total. The van der Waals surface area contributed by atoms with E-state index in [1.807, 2.05) is 54.0 Å². The van der Waals surface area contributed by atoms with Crippen molar-refractivity contribution in [2.45, 2.75) is 13.0 Å². The Morgan fingerprint density at radius 2 is 2.05 bits per heavy atom. The van der Waals surface area contributed by atoms with Crippen molar-refractivity contribution in [3.63, 3.8) is 0 Å². The first-order chi connectivity index (χ1) is 9.24. The summed E-state index contributed by atoms with van der Waals surface area (Å²) in [7, 11) is 0. The van der Waals surface area contributed by atoms with Crippen LogP contribution in [0.3, 0.4) is 0 Å². The van der Waals surface area contributed by atoms with Crippen LogP contribution in [-0.4, -0.2) is 14.4 Å². The van der Waals surface area contributed by atoms with Crippen LogP contribution in [0, 0.1) is 0 Å². The van der Waals surface area contributed by atoms with Gasteiger partial charge < -0.3 is 4.74 Å². The predicted octanol–water partition coefficient (Wildman–Crippen LogP) is 3.63. The van der Waals surface area contributed by atoms with Gasteiger partial charge in [0.05, 0.1) is 0 Å². The molecule has 3 aromatic rings. The first kappa shape index (κ1) is 12.2. The van der Waals surface area contributed by atoms with Gasteiger partial charge in [0, 0.05) is 18.6 Å². The van der Waals surface area contributed by atoms with Gasteiger partial charge in [-0.3, -0.25) is 4.40 Å². The number of hydrogen-bond donors (Lipinski definition) is 0. The molecule has 4 nitrogen and oxygen atoms in total. The smallest absolute Gasteiger partial charge is 0.260 e. The highest BCUT2D eigenvalue weighted by atomic mass is 79.9.